The van der Waals surface area contributed by atoms with Crippen LogP contribution in [0.2, 0.25) is 0 Å². The number of nitrogens with zero attached hydrogens (tertiary/aromatic N) is 2. The molecule has 1 aromatic rings. The SMILES string of the molecule is CCCCCOc1ccc(N2C(=O)C3NN=C(C(=O)OC)C3C2=O)cc1. The molecule has 138 valence electrons. The van der Waals surface area contributed by atoms with Crippen LogP contribution in [0.5, 0.6) is 5.75 Å². The second kappa shape index (κ2) is 7.55. The number of methoxy groups -OCH3 is 1. The summed E-state index contributed by atoms with van der Waals surface area (Å²) >= 11 is 0. The molecule has 1 saturated heterocycles. The first kappa shape index (κ1) is 17.9. The summed E-state index contributed by atoms with van der Waals surface area (Å²) in [6.07, 6.45) is 3.20. The zero-order chi connectivity index (χ0) is 18.7. The van der Waals surface area contributed by atoms with Crippen molar-refractivity contribution < 1.29 is 23.9 Å². The molecule has 1 aromatic carbocycles. The number of esters is 1. The number of carbonyl (C=O) groups is 3. The molecule has 26 heavy (non-hydrogen) atoms. The first-order chi connectivity index (χ1) is 12.6. The highest BCUT2D eigenvalue weighted by atomic mass is 16.5. The van der Waals surface area contributed by atoms with E-state index < -0.39 is 29.7 Å². The van der Waals surface area contributed by atoms with Crippen molar-refractivity contribution in [3.63, 3.8) is 0 Å². The minimum atomic E-state index is -0.958. The van der Waals surface area contributed by atoms with Crippen molar-refractivity contribution >= 4 is 29.2 Å². The highest BCUT2D eigenvalue weighted by molar-refractivity contribution is 6.46. The van der Waals surface area contributed by atoms with Crippen LogP contribution < -0.4 is 15.1 Å². The van der Waals surface area contributed by atoms with Crippen LogP contribution in [0.4, 0.5) is 5.69 Å². The highest BCUT2D eigenvalue weighted by Crippen LogP contribution is 2.31. The maximum Gasteiger partial charge on any atom is 0.355 e. The van der Waals surface area contributed by atoms with Gasteiger partial charge in [0.05, 0.1) is 19.4 Å². The first-order valence-electron chi connectivity index (χ1n) is 8.60. The molecule has 0 aliphatic carbocycles. The number of hydrogen-bond acceptors (Lipinski definition) is 7. The van der Waals surface area contributed by atoms with Gasteiger partial charge in [0.15, 0.2) is 5.71 Å². The number of carbonyl (C=O) groups excluding carboxylic acids is 3. The Kier molecular flexibility index (Phi) is 5.20. The van der Waals surface area contributed by atoms with E-state index in [4.69, 9.17) is 4.74 Å². The standard InChI is InChI=1S/C18H21N3O5/c1-3-4-5-10-26-12-8-6-11(7-9-12)21-16(22)13-14(17(21)23)19-20-15(13)18(24)25-2/h6-9,13-14,19H,3-5,10H2,1-2H3. The molecule has 0 radical (unpaired) electrons. The molecule has 2 atom stereocenters. The normalized spacial score (nSPS) is 21.3. The van der Waals surface area contributed by atoms with Gasteiger partial charge in [0.1, 0.15) is 17.7 Å². The Morgan fingerprint density at radius 3 is 2.58 bits per heavy atom. The van der Waals surface area contributed by atoms with Crippen LogP contribution in [0.3, 0.4) is 0 Å². The maximum absolute atomic E-state index is 12.7. The molecule has 8 nitrogen and oxygen atoms in total. The van der Waals surface area contributed by atoms with E-state index in [0.717, 1.165) is 24.2 Å². The number of anilines is 1. The molecule has 2 unspecified atom stereocenters. The highest BCUT2D eigenvalue weighted by Gasteiger charge is 2.55. The number of benzene rings is 1. The van der Waals surface area contributed by atoms with Crippen molar-refractivity contribution in [2.45, 2.75) is 32.2 Å². The fraction of sp³-hybridized carbons (Fsp3) is 0.444. The van der Waals surface area contributed by atoms with Gasteiger partial charge in [-0.15, -0.1) is 0 Å². The lowest BCUT2D eigenvalue weighted by molar-refractivity contribution is -0.133. The van der Waals surface area contributed by atoms with E-state index in [1.807, 2.05) is 0 Å². The zero-order valence-electron chi connectivity index (χ0n) is 14.7. The first-order valence-corrected chi connectivity index (χ1v) is 8.60. The number of unbranched alkanes of at least 4 members (excludes halogenated alkanes) is 2. The number of imide groups is 1. The third kappa shape index (κ3) is 3.14. The Morgan fingerprint density at radius 1 is 1.19 bits per heavy atom. The molecular formula is C18H21N3O5. The summed E-state index contributed by atoms with van der Waals surface area (Å²) in [5.74, 6) is -1.94. The molecule has 0 bridgehead atoms. The fourth-order valence-electron chi connectivity index (χ4n) is 3.05. The summed E-state index contributed by atoms with van der Waals surface area (Å²) in [5, 5.41) is 3.79. The van der Waals surface area contributed by atoms with Gasteiger partial charge >= 0.3 is 5.97 Å². The zero-order valence-corrected chi connectivity index (χ0v) is 14.7. The average molecular weight is 359 g/mol. The molecule has 3 rings (SSSR count). The Morgan fingerprint density at radius 2 is 1.92 bits per heavy atom. The predicted molar refractivity (Wildman–Crippen MR) is 93.8 cm³/mol. The number of ether oxygens (including phenoxy) is 2. The maximum atomic E-state index is 12.7. The molecule has 2 aliphatic heterocycles. The van der Waals surface area contributed by atoms with Gasteiger partial charge < -0.3 is 9.47 Å². The van der Waals surface area contributed by atoms with Crippen molar-refractivity contribution in [2.24, 2.45) is 11.0 Å². The Labute approximate surface area is 151 Å². The smallest absolute Gasteiger partial charge is 0.355 e. The molecule has 0 aromatic heterocycles. The van der Waals surface area contributed by atoms with Gasteiger partial charge in [-0.1, -0.05) is 19.8 Å². The van der Waals surface area contributed by atoms with Gasteiger partial charge in [0.25, 0.3) is 5.91 Å². The van der Waals surface area contributed by atoms with E-state index in [1.54, 1.807) is 24.3 Å². The quantitative estimate of drug-likeness (QED) is 0.447. The number of hydrogen-bond donors (Lipinski definition) is 1. The van der Waals surface area contributed by atoms with Crippen molar-refractivity contribution in [1.29, 1.82) is 0 Å². The molecule has 2 aliphatic rings. The number of fused-ring (bicyclic) bond motifs is 1. The van der Waals surface area contributed by atoms with Crippen LogP contribution in [0, 0.1) is 5.92 Å². The number of rotatable bonds is 7. The van der Waals surface area contributed by atoms with Gasteiger partial charge in [-0.3, -0.25) is 15.0 Å². The number of nitrogens with one attached hydrogen (secondary N) is 1. The lowest BCUT2D eigenvalue weighted by Crippen LogP contribution is -2.36. The molecular weight excluding hydrogens is 338 g/mol. The van der Waals surface area contributed by atoms with Crippen molar-refractivity contribution in [3.8, 4) is 5.75 Å². The average Bonchev–Trinajstić information content (AvgIpc) is 3.19. The molecule has 1 N–H and O–H groups in total. The van der Waals surface area contributed by atoms with Crippen LogP contribution >= 0.6 is 0 Å². The third-order valence-electron chi connectivity index (χ3n) is 4.43. The van der Waals surface area contributed by atoms with E-state index in [2.05, 4.69) is 22.2 Å². The van der Waals surface area contributed by atoms with Gasteiger partial charge in [-0.25, -0.2) is 9.69 Å². The summed E-state index contributed by atoms with van der Waals surface area (Å²) in [6, 6.07) is 5.88. The monoisotopic (exact) mass is 359 g/mol. The number of amides is 2. The third-order valence-corrected chi connectivity index (χ3v) is 4.43. The second-order valence-corrected chi connectivity index (χ2v) is 6.13. The van der Waals surface area contributed by atoms with Crippen LogP contribution in [0.25, 0.3) is 0 Å². The summed E-state index contributed by atoms with van der Waals surface area (Å²) in [7, 11) is 1.20. The van der Waals surface area contributed by atoms with Crippen LogP contribution in [-0.4, -0.2) is 43.3 Å². The van der Waals surface area contributed by atoms with Gasteiger partial charge in [-0.05, 0) is 30.7 Å². The van der Waals surface area contributed by atoms with Crippen LogP contribution in [0.15, 0.2) is 29.4 Å². The fourth-order valence-corrected chi connectivity index (χ4v) is 3.05. The predicted octanol–water partition coefficient (Wildman–Crippen LogP) is 1.25. The summed E-state index contributed by atoms with van der Waals surface area (Å²) in [6.45, 7) is 2.75. The second-order valence-electron chi connectivity index (χ2n) is 6.13. The van der Waals surface area contributed by atoms with Gasteiger partial charge in [0, 0.05) is 0 Å². The van der Waals surface area contributed by atoms with Crippen LogP contribution in [-0.2, 0) is 19.1 Å². The largest absolute Gasteiger partial charge is 0.494 e. The lowest BCUT2D eigenvalue weighted by Gasteiger charge is -2.16. The van der Waals surface area contributed by atoms with Crippen LogP contribution in [0.1, 0.15) is 26.2 Å². The Bertz CT molecular complexity index is 744. The van der Waals surface area contributed by atoms with E-state index in [9.17, 15) is 14.4 Å². The topological polar surface area (TPSA) is 97.3 Å². The summed E-state index contributed by atoms with van der Waals surface area (Å²) < 4.78 is 10.3. The minimum absolute atomic E-state index is 0.0748. The molecule has 0 saturated carbocycles. The van der Waals surface area contributed by atoms with E-state index in [-0.39, 0.29) is 5.71 Å². The summed E-state index contributed by atoms with van der Waals surface area (Å²) in [4.78, 5) is 38.1. The lowest BCUT2D eigenvalue weighted by atomic mass is 9.99. The molecule has 0 spiro atoms. The molecule has 2 amide bonds. The van der Waals surface area contributed by atoms with Gasteiger partial charge in [0.2, 0.25) is 5.91 Å². The van der Waals surface area contributed by atoms with Crippen molar-refractivity contribution in [2.75, 3.05) is 18.6 Å². The van der Waals surface area contributed by atoms with E-state index >= 15 is 0 Å². The van der Waals surface area contributed by atoms with Crippen molar-refractivity contribution in [3.05, 3.63) is 24.3 Å². The molecule has 2 heterocycles. The number of hydrazone groups is 1. The summed E-state index contributed by atoms with van der Waals surface area (Å²) in [5.41, 5.74) is 2.92. The van der Waals surface area contributed by atoms with E-state index in [1.165, 1.54) is 7.11 Å². The Balaban J connectivity index is 1.72. The van der Waals surface area contributed by atoms with Crippen molar-refractivity contribution in [1.82, 2.24) is 5.43 Å². The minimum Gasteiger partial charge on any atom is -0.494 e. The van der Waals surface area contributed by atoms with Gasteiger partial charge in [-0.2, -0.15) is 5.10 Å². The Hall–Kier alpha value is -2.90. The molecule has 1 fully saturated rings. The molecule has 8 heteroatoms. The van der Waals surface area contributed by atoms with E-state index in [0.29, 0.717) is 18.0 Å².